The topological polar surface area (TPSA) is 40.5 Å². The third kappa shape index (κ3) is 3.27. The highest BCUT2D eigenvalue weighted by atomic mass is 16.3. The van der Waals surface area contributed by atoms with Crippen LogP contribution in [0.25, 0.3) is 0 Å². The second kappa shape index (κ2) is 6.43. The van der Waals surface area contributed by atoms with E-state index in [0.717, 1.165) is 11.1 Å². The Balaban J connectivity index is 2.42. The summed E-state index contributed by atoms with van der Waals surface area (Å²) in [5.41, 5.74) is 4.32. The Kier molecular flexibility index (Phi) is 4.80. The molecule has 0 amide bonds. The molecular formula is C20H26O2. The number of phenolic OH excluding ortho intramolecular Hbond substituents is 2. The largest absolute Gasteiger partial charge is 0.508 e. The van der Waals surface area contributed by atoms with E-state index >= 15 is 0 Å². The molecular weight excluding hydrogens is 272 g/mol. The van der Waals surface area contributed by atoms with Crippen LogP contribution in [0.4, 0.5) is 0 Å². The highest BCUT2D eigenvalue weighted by Crippen LogP contribution is 2.34. The molecule has 0 aromatic heterocycles. The number of hydrogen-bond acceptors (Lipinski definition) is 2. The highest BCUT2D eigenvalue weighted by Gasteiger charge is 2.15. The van der Waals surface area contributed by atoms with Gasteiger partial charge in [0.25, 0.3) is 0 Å². The van der Waals surface area contributed by atoms with Crippen molar-refractivity contribution >= 4 is 0 Å². The lowest BCUT2D eigenvalue weighted by Gasteiger charge is -2.18. The fourth-order valence-corrected chi connectivity index (χ4v) is 2.80. The smallest absolute Gasteiger partial charge is 0.119 e. The summed E-state index contributed by atoms with van der Waals surface area (Å²) in [6.07, 6.45) is 0. The van der Waals surface area contributed by atoms with Crippen molar-refractivity contribution < 1.29 is 10.2 Å². The summed E-state index contributed by atoms with van der Waals surface area (Å²) >= 11 is 0. The Hall–Kier alpha value is -1.96. The molecule has 22 heavy (non-hydrogen) atoms. The van der Waals surface area contributed by atoms with Crippen LogP contribution in [0, 0.1) is 0 Å². The molecule has 118 valence electrons. The van der Waals surface area contributed by atoms with E-state index in [1.165, 1.54) is 11.1 Å². The number of hydrogen-bond donors (Lipinski definition) is 2. The molecule has 0 saturated heterocycles. The first-order valence-corrected chi connectivity index (χ1v) is 7.96. The summed E-state index contributed by atoms with van der Waals surface area (Å²) in [7, 11) is 0. The van der Waals surface area contributed by atoms with Crippen LogP contribution in [0.2, 0.25) is 0 Å². The lowest BCUT2D eigenvalue weighted by atomic mass is 9.87. The van der Waals surface area contributed by atoms with E-state index in [9.17, 15) is 10.2 Å². The van der Waals surface area contributed by atoms with Crippen LogP contribution in [-0.2, 0) is 0 Å². The van der Waals surface area contributed by atoms with Crippen molar-refractivity contribution in [2.24, 2.45) is 0 Å². The van der Waals surface area contributed by atoms with Gasteiger partial charge in [0.15, 0.2) is 0 Å². The molecule has 0 fully saturated rings. The zero-order valence-electron chi connectivity index (χ0n) is 14.1. The van der Waals surface area contributed by atoms with Gasteiger partial charge >= 0.3 is 0 Å². The van der Waals surface area contributed by atoms with E-state index in [0.29, 0.717) is 11.5 Å². The second-order valence-electron chi connectivity index (χ2n) is 6.67. The van der Waals surface area contributed by atoms with Crippen LogP contribution in [-0.4, -0.2) is 10.2 Å². The van der Waals surface area contributed by atoms with Crippen LogP contribution in [0.1, 0.15) is 74.6 Å². The summed E-state index contributed by atoms with van der Waals surface area (Å²) in [6, 6.07) is 11.7. The molecule has 2 nitrogen and oxygen atoms in total. The molecule has 0 saturated carbocycles. The second-order valence-corrected chi connectivity index (χ2v) is 6.67. The quantitative estimate of drug-likeness (QED) is 0.782. The zero-order valence-corrected chi connectivity index (χ0v) is 14.1. The number of rotatable bonds is 4. The normalized spacial score (nSPS) is 11.6. The maximum atomic E-state index is 9.98. The van der Waals surface area contributed by atoms with E-state index in [1.807, 2.05) is 12.1 Å². The predicted octanol–water partition coefficient (Wildman–Crippen LogP) is 5.50. The van der Waals surface area contributed by atoms with Crippen molar-refractivity contribution in [3.8, 4) is 11.5 Å². The lowest BCUT2D eigenvalue weighted by molar-refractivity contribution is 0.464. The molecule has 0 bridgehead atoms. The lowest BCUT2D eigenvalue weighted by Crippen LogP contribution is -2.00. The van der Waals surface area contributed by atoms with Gasteiger partial charge in [-0.15, -0.1) is 0 Å². The Morgan fingerprint density at radius 3 is 1.32 bits per heavy atom. The number of aromatic hydroxyl groups is 2. The molecule has 0 unspecified atom stereocenters. The number of phenols is 2. The minimum atomic E-state index is 0.219. The average molecular weight is 298 g/mol. The fourth-order valence-electron chi connectivity index (χ4n) is 2.80. The molecule has 0 atom stereocenters. The zero-order chi connectivity index (χ0) is 16.4. The number of benzene rings is 2. The Bertz CT molecular complexity index is 599. The van der Waals surface area contributed by atoms with Crippen LogP contribution in [0.3, 0.4) is 0 Å². The van der Waals surface area contributed by atoms with Crippen LogP contribution in [0.15, 0.2) is 36.4 Å². The molecule has 2 aromatic rings. The van der Waals surface area contributed by atoms with Gasteiger partial charge in [-0.05, 0) is 46.2 Å². The van der Waals surface area contributed by atoms with Crippen molar-refractivity contribution in [2.45, 2.75) is 52.4 Å². The van der Waals surface area contributed by atoms with Gasteiger partial charge in [0.1, 0.15) is 11.5 Å². The monoisotopic (exact) mass is 298 g/mol. The summed E-state index contributed by atoms with van der Waals surface area (Å²) in [4.78, 5) is 0. The van der Waals surface area contributed by atoms with E-state index in [1.54, 1.807) is 12.1 Å². The molecule has 2 aromatic carbocycles. The fraction of sp³-hybridized carbons (Fsp3) is 0.400. The minimum Gasteiger partial charge on any atom is -0.508 e. The van der Waals surface area contributed by atoms with E-state index < -0.39 is 0 Å². The molecule has 0 aliphatic rings. The van der Waals surface area contributed by atoms with Crippen molar-refractivity contribution in [3.05, 3.63) is 58.7 Å². The van der Waals surface area contributed by atoms with Gasteiger partial charge in [-0.3, -0.25) is 0 Å². The van der Waals surface area contributed by atoms with Crippen LogP contribution >= 0.6 is 0 Å². The van der Waals surface area contributed by atoms with Gasteiger partial charge in [-0.25, -0.2) is 0 Å². The first kappa shape index (κ1) is 16.4. The summed E-state index contributed by atoms with van der Waals surface area (Å²) in [5.74, 6) is 1.52. The van der Waals surface area contributed by atoms with Gasteiger partial charge in [-0.2, -0.15) is 0 Å². The molecule has 0 aliphatic heterocycles. The molecule has 0 heterocycles. The third-order valence-electron chi connectivity index (χ3n) is 4.35. The standard InChI is InChI=1S/C20H26O2/c1-12(2)17-10-15(6-8-19(17)21)14(5)16-7-9-20(22)18(11-16)13(3)4/h6-14,21-22H,1-5H3. The molecule has 2 heteroatoms. The van der Waals surface area contributed by atoms with Gasteiger partial charge in [-0.1, -0.05) is 58.9 Å². The highest BCUT2D eigenvalue weighted by molar-refractivity contribution is 5.45. The molecule has 0 radical (unpaired) electrons. The van der Waals surface area contributed by atoms with Gasteiger partial charge in [0.2, 0.25) is 0 Å². The van der Waals surface area contributed by atoms with Crippen molar-refractivity contribution in [1.29, 1.82) is 0 Å². The minimum absolute atomic E-state index is 0.219. The van der Waals surface area contributed by atoms with E-state index in [2.05, 4.69) is 46.8 Å². The third-order valence-corrected chi connectivity index (χ3v) is 4.35. The molecule has 0 spiro atoms. The van der Waals surface area contributed by atoms with E-state index in [-0.39, 0.29) is 17.8 Å². The summed E-state index contributed by atoms with van der Waals surface area (Å²) < 4.78 is 0. The van der Waals surface area contributed by atoms with Gasteiger partial charge < -0.3 is 10.2 Å². The summed E-state index contributed by atoms with van der Waals surface area (Å²) in [6.45, 7) is 10.5. The maximum Gasteiger partial charge on any atom is 0.119 e. The Labute approximate surface area is 133 Å². The van der Waals surface area contributed by atoms with Crippen molar-refractivity contribution in [2.75, 3.05) is 0 Å². The van der Waals surface area contributed by atoms with Crippen molar-refractivity contribution in [3.63, 3.8) is 0 Å². The molecule has 2 N–H and O–H groups in total. The molecule has 2 rings (SSSR count). The SMILES string of the molecule is CC(C)c1cc(C(C)c2ccc(O)c(C(C)C)c2)ccc1O. The van der Waals surface area contributed by atoms with E-state index in [4.69, 9.17) is 0 Å². The van der Waals surface area contributed by atoms with Crippen LogP contribution < -0.4 is 0 Å². The van der Waals surface area contributed by atoms with Gasteiger partial charge in [0.05, 0.1) is 0 Å². The first-order valence-electron chi connectivity index (χ1n) is 7.96. The van der Waals surface area contributed by atoms with Crippen molar-refractivity contribution in [1.82, 2.24) is 0 Å². The summed E-state index contributed by atoms with van der Waals surface area (Å²) in [5, 5.41) is 20.0. The maximum absolute atomic E-state index is 9.98. The average Bonchev–Trinajstić information content (AvgIpc) is 2.47. The predicted molar refractivity (Wildman–Crippen MR) is 91.9 cm³/mol. The first-order chi connectivity index (χ1) is 10.3. The Morgan fingerprint density at radius 2 is 1.00 bits per heavy atom. The van der Waals surface area contributed by atoms with Crippen LogP contribution in [0.5, 0.6) is 11.5 Å². The van der Waals surface area contributed by atoms with Gasteiger partial charge in [0, 0.05) is 5.92 Å². The molecule has 0 aliphatic carbocycles. The Morgan fingerprint density at radius 1 is 0.636 bits per heavy atom.